The van der Waals surface area contributed by atoms with Gasteiger partial charge >= 0.3 is 0 Å². The molecular weight excluding hydrogens is 230 g/mol. The molecule has 4 heteroatoms. The van der Waals surface area contributed by atoms with Crippen molar-refractivity contribution in [3.8, 4) is 0 Å². The minimum Gasteiger partial charge on any atom is -0.330 e. The number of nitrogens with two attached hydrogens (primary N) is 1. The first kappa shape index (κ1) is 11.6. The molecule has 0 aromatic carbocycles. The average Bonchev–Trinajstić information content (AvgIpc) is 3.02. The normalized spacial score (nSPS) is 57.7. The molecule has 0 aromatic heterocycles. The molecular formula is C14H23NO3. The van der Waals surface area contributed by atoms with Crippen molar-refractivity contribution >= 4 is 0 Å². The van der Waals surface area contributed by atoms with Gasteiger partial charge in [-0.15, -0.1) is 0 Å². The predicted octanol–water partition coefficient (Wildman–Crippen LogP) is 1.63. The van der Waals surface area contributed by atoms with E-state index in [0.29, 0.717) is 18.1 Å². The van der Waals surface area contributed by atoms with Crippen molar-refractivity contribution in [1.29, 1.82) is 0 Å². The molecule has 4 rings (SSSR count). The fourth-order valence-electron chi connectivity index (χ4n) is 5.11. The van der Waals surface area contributed by atoms with Gasteiger partial charge in [0.2, 0.25) is 0 Å². The molecule has 4 aliphatic rings. The van der Waals surface area contributed by atoms with E-state index in [1.54, 1.807) is 0 Å². The first-order valence-electron chi connectivity index (χ1n) is 7.41. The molecule has 2 N–H and O–H groups in total. The Hall–Kier alpha value is -0.160. The van der Waals surface area contributed by atoms with Crippen LogP contribution in [0.3, 0.4) is 0 Å². The van der Waals surface area contributed by atoms with Crippen LogP contribution in [0.25, 0.3) is 0 Å². The molecule has 18 heavy (non-hydrogen) atoms. The maximum absolute atomic E-state index is 6.51. The smallest absolute Gasteiger partial charge is 0.272 e. The van der Waals surface area contributed by atoms with E-state index in [1.165, 1.54) is 19.3 Å². The Labute approximate surface area is 108 Å². The molecule has 0 aromatic rings. The van der Waals surface area contributed by atoms with Gasteiger partial charge in [-0.1, -0.05) is 0 Å². The van der Waals surface area contributed by atoms with Crippen LogP contribution in [-0.4, -0.2) is 31.3 Å². The van der Waals surface area contributed by atoms with E-state index in [4.69, 9.17) is 19.9 Å². The monoisotopic (exact) mass is 253 g/mol. The summed E-state index contributed by atoms with van der Waals surface area (Å²) in [6.45, 7) is 2.17. The second kappa shape index (κ2) is 3.92. The summed E-state index contributed by atoms with van der Waals surface area (Å²) in [6, 6.07) is 0.375. The number of hydrogen-bond donors (Lipinski definition) is 1. The Morgan fingerprint density at radius 2 is 1.94 bits per heavy atom. The summed E-state index contributed by atoms with van der Waals surface area (Å²) in [5.41, 5.74) is 6.83. The highest BCUT2D eigenvalue weighted by Crippen LogP contribution is 2.63. The Morgan fingerprint density at radius 3 is 2.50 bits per heavy atom. The quantitative estimate of drug-likeness (QED) is 0.812. The van der Waals surface area contributed by atoms with Gasteiger partial charge in [0.15, 0.2) is 0 Å². The Bertz CT molecular complexity index is 330. The molecule has 3 aliphatic carbocycles. The van der Waals surface area contributed by atoms with Crippen molar-refractivity contribution in [3.63, 3.8) is 0 Å². The van der Waals surface area contributed by atoms with Gasteiger partial charge < -0.3 is 19.9 Å². The standard InChI is InChI=1S/C14H23NO3/c1-2-16-13-17-10-6-14(7-11(10)18-13)9-4-3-8(5-9)12(14)15/h8-13H,2-7,15H2,1H3/t8-,9+,10-,11?,12-,13+,14-/m1/s1. The highest BCUT2D eigenvalue weighted by Gasteiger charge is 2.63. The van der Waals surface area contributed by atoms with E-state index >= 15 is 0 Å². The van der Waals surface area contributed by atoms with Crippen LogP contribution in [-0.2, 0) is 14.2 Å². The summed E-state index contributed by atoms with van der Waals surface area (Å²) in [6.07, 6.45) is 6.65. The number of hydrogen-bond acceptors (Lipinski definition) is 4. The average molecular weight is 253 g/mol. The van der Waals surface area contributed by atoms with Crippen LogP contribution < -0.4 is 5.73 Å². The minimum atomic E-state index is -0.433. The summed E-state index contributed by atoms with van der Waals surface area (Å²) in [5.74, 6) is 1.58. The van der Waals surface area contributed by atoms with Crippen LogP contribution in [0.5, 0.6) is 0 Å². The molecule has 1 heterocycles. The summed E-state index contributed by atoms with van der Waals surface area (Å²) in [5, 5.41) is 0. The van der Waals surface area contributed by atoms with Gasteiger partial charge in [-0.25, -0.2) is 0 Å². The third-order valence-electron chi connectivity index (χ3n) is 5.91. The second-order valence-electron chi connectivity index (χ2n) is 6.53. The van der Waals surface area contributed by atoms with Crippen LogP contribution in [0.1, 0.15) is 39.0 Å². The van der Waals surface area contributed by atoms with Crippen LogP contribution in [0, 0.1) is 17.3 Å². The lowest BCUT2D eigenvalue weighted by molar-refractivity contribution is -0.247. The van der Waals surface area contributed by atoms with Crippen molar-refractivity contribution in [2.45, 2.75) is 63.8 Å². The second-order valence-corrected chi connectivity index (χ2v) is 6.53. The Kier molecular flexibility index (Phi) is 2.54. The SMILES string of the molecule is CCO[C@@H]1OC2C[C@]3(C[C@H]2O1)[C@H]1CC[C@H](C1)[C@H]3N. The summed E-state index contributed by atoms with van der Waals surface area (Å²) in [7, 11) is 0. The molecule has 4 nitrogen and oxygen atoms in total. The number of fused-ring (bicyclic) bond motifs is 4. The van der Waals surface area contributed by atoms with Gasteiger partial charge in [-0.05, 0) is 56.3 Å². The molecule has 7 atom stereocenters. The lowest BCUT2D eigenvalue weighted by Gasteiger charge is -2.40. The van der Waals surface area contributed by atoms with Crippen molar-refractivity contribution in [2.75, 3.05) is 6.61 Å². The van der Waals surface area contributed by atoms with E-state index in [9.17, 15) is 0 Å². The zero-order chi connectivity index (χ0) is 12.3. The fourth-order valence-corrected chi connectivity index (χ4v) is 5.11. The van der Waals surface area contributed by atoms with E-state index in [1.807, 2.05) is 6.92 Å². The predicted molar refractivity (Wildman–Crippen MR) is 65.6 cm³/mol. The molecule has 4 fully saturated rings. The van der Waals surface area contributed by atoms with Gasteiger partial charge in [0.1, 0.15) is 0 Å². The molecule has 1 saturated heterocycles. The van der Waals surface area contributed by atoms with Crippen molar-refractivity contribution in [1.82, 2.24) is 0 Å². The number of ether oxygens (including phenoxy) is 3. The number of rotatable bonds is 2. The largest absolute Gasteiger partial charge is 0.330 e. The molecule has 0 radical (unpaired) electrons. The minimum absolute atomic E-state index is 0.215. The summed E-state index contributed by atoms with van der Waals surface area (Å²) in [4.78, 5) is 0. The van der Waals surface area contributed by atoms with Crippen LogP contribution in [0.2, 0.25) is 0 Å². The topological polar surface area (TPSA) is 53.7 Å². The van der Waals surface area contributed by atoms with Gasteiger partial charge in [0.25, 0.3) is 6.48 Å². The van der Waals surface area contributed by atoms with Gasteiger partial charge in [0.05, 0.1) is 12.2 Å². The maximum Gasteiger partial charge on any atom is 0.272 e. The van der Waals surface area contributed by atoms with Gasteiger partial charge in [-0.3, -0.25) is 0 Å². The highest BCUT2D eigenvalue weighted by atomic mass is 16.9. The molecule has 0 amide bonds. The van der Waals surface area contributed by atoms with E-state index < -0.39 is 6.48 Å². The summed E-state index contributed by atoms with van der Waals surface area (Å²) < 4.78 is 17.1. The van der Waals surface area contributed by atoms with E-state index in [0.717, 1.165) is 24.7 Å². The first-order chi connectivity index (χ1) is 8.73. The van der Waals surface area contributed by atoms with Crippen LogP contribution in [0.15, 0.2) is 0 Å². The maximum atomic E-state index is 6.51. The summed E-state index contributed by atoms with van der Waals surface area (Å²) >= 11 is 0. The lowest BCUT2D eigenvalue weighted by atomic mass is 9.69. The van der Waals surface area contributed by atoms with Crippen molar-refractivity contribution in [2.24, 2.45) is 23.0 Å². The van der Waals surface area contributed by atoms with Crippen LogP contribution >= 0.6 is 0 Å². The third kappa shape index (κ3) is 1.40. The van der Waals surface area contributed by atoms with E-state index in [2.05, 4.69) is 0 Å². The van der Waals surface area contributed by atoms with Crippen molar-refractivity contribution < 1.29 is 14.2 Å². The molecule has 102 valence electrons. The van der Waals surface area contributed by atoms with Crippen molar-refractivity contribution in [3.05, 3.63) is 0 Å². The Balaban J connectivity index is 1.50. The molecule has 2 bridgehead atoms. The fraction of sp³-hybridized carbons (Fsp3) is 1.00. The molecule has 1 aliphatic heterocycles. The molecule has 3 saturated carbocycles. The van der Waals surface area contributed by atoms with Gasteiger partial charge in [-0.2, -0.15) is 0 Å². The lowest BCUT2D eigenvalue weighted by Crippen LogP contribution is -2.45. The molecule has 1 unspecified atom stereocenters. The van der Waals surface area contributed by atoms with Gasteiger partial charge in [0, 0.05) is 12.6 Å². The highest BCUT2D eigenvalue weighted by molar-refractivity contribution is 5.14. The zero-order valence-corrected chi connectivity index (χ0v) is 11.0. The first-order valence-corrected chi connectivity index (χ1v) is 7.41. The third-order valence-corrected chi connectivity index (χ3v) is 5.91. The van der Waals surface area contributed by atoms with Crippen LogP contribution in [0.4, 0.5) is 0 Å². The van der Waals surface area contributed by atoms with E-state index in [-0.39, 0.29) is 12.2 Å². The molecule has 1 spiro atoms. The Morgan fingerprint density at radius 1 is 1.22 bits per heavy atom. The zero-order valence-electron chi connectivity index (χ0n) is 11.0.